The van der Waals surface area contributed by atoms with Gasteiger partial charge in [-0.3, -0.25) is 0 Å². The van der Waals surface area contributed by atoms with Crippen molar-refractivity contribution in [1.82, 2.24) is 25.5 Å². The Morgan fingerprint density at radius 2 is 2.03 bits per heavy atom. The molecule has 0 bridgehead atoms. The Kier molecular flexibility index (Phi) is 7.44. The standard InChI is InChI=1S/C23H30ClN5O3/c1-3-9-22(11-14-31-15-12-22)20(25-16-23(17-30-2)10-4-13-32-23)21-26-27-28-29(21)19-7-5-18(24)6-8-19/h1,5-8,20,25H,4,9-17H2,2H3. The van der Waals surface area contributed by atoms with Gasteiger partial charge in [0.1, 0.15) is 5.60 Å². The number of ether oxygens (including phenoxy) is 3. The molecule has 2 aromatic rings. The van der Waals surface area contributed by atoms with E-state index in [9.17, 15) is 0 Å². The second-order valence-corrected chi connectivity index (χ2v) is 9.10. The second-order valence-electron chi connectivity index (χ2n) is 8.66. The quantitative estimate of drug-likeness (QED) is 0.577. The highest BCUT2D eigenvalue weighted by atomic mass is 35.5. The Labute approximate surface area is 193 Å². The third-order valence-electron chi connectivity index (χ3n) is 6.60. The zero-order valence-electron chi connectivity index (χ0n) is 18.4. The number of methoxy groups -OCH3 is 1. The zero-order chi connectivity index (χ0) is 22.4. The van der Waals surface area contributed by atoms with Crippen molar-refractivity contribution >= 4 is 11.6 Å². The van der Waals surface area contributed by atoms with Crippen LogP contribution in [0.5, 0.6) is 0 Å². The number of benzene rings is 1. The fourth-order valence-electron chi connectivity index (χ4n) is 4.88. The molecule has 2 aliphatic rings. The summed E-state index contributed by atoms with van der Waals surface area (Å²) in [4.78, 5) is 0. The molecular weight excluding hydrogens is 430 g/mol. The van der Waals surface area contributed by atoms with Gasteiger partial charge in [0.05, 0.1) is 18.3 Å². The number of rotatable bonds is 9. The van der Waals surface area contributed by atoms with Crippen molar-refractivity contribution < 1.29 is 14.2 Å². The van der Waals surface area contributed by atoms with Gasteiger partial charge in [-0.15, -0.1) is 17.4 Å². The Balaban J connectivity index is 1.71. The summed E-state index contributed by atoms with van der Waals surface area (Å²) in [6, 6.07) is 7.28. The molecule has 1 N–H and O–H groups in total. The summed E-state index contributed by atoms with van der Waals surface area (Å²) in [6.07, 6.45) is 10.0. The van der Waals surface area contributed by atoms with Gasteiger partial charge >= 0.3 is 0 Å². The average molecular weight is 460 g/mol. The van der Waals surface area contributed by atoms with Gasteiger partial charge < -0.3 is 19.5 Å². The van der Waals surface area contributed by atoms with E-state index >= 15 is 0 Å². The zero-order valence-corrected chi connectivity index (χ0v) is 19.2. The monoisotopic (exact) mass is 459 g/mol. The van der Waals surface area contributed by atoms with Gasteiger partial charge in [0.15, 0.2) is 5.82 Å². The molecule has 1 aromatic carbocycles. The lowest BCUT2D eigenvalue weighted by molar-refractivity contribution is -0.0593. The van der Waals surface area contributed by atoms with Gasteiger partial charge in [-0.25, -0.2) is 0 Å². The minimum atomic E-state index is -0.367. The van der Waals surface area contributed by atoms with Gasteiger partial charge in [-0.2, -0.15) is 4.68 Å². The van der Waals surface area contributed by atoms with E-state index in [2.05, 4.69) is 26.8 Å². The predicted octanol–water partition coefficient (Wildman–Crippen LogP) is 2.96. The lowest BCUT2D eigenvalue weighted by Gasteiger charge is -2.43. The molecule has 172 valence electrons. The lowest BCUT2D eigenvalue weighted by Crippen LogP contribution is -2.50. The molecule has 0 saturated carbocycles. The van der Waals surface area contributed by atoms with E-state index in [1.54, 1.807) is 11.8 Å². The maximum absolute atomic E-state index is 6.13. The van der Waals surface area contributed by atoms with Crippen LogP contribution in [-0.4, -0.2) is 65.9 Å². The van der Waals surface area contributed by atoms with Crippen LogP contribution in [0.2, 0.25) is 5.02 Å². The van der Waals surface area contributed by atoms with Gasteiger partial charge in [0.25, 0.3) is 0 Å². The van der Waals surface area contributed by atoms with E-state index in [0.717, 1.165) is 43.8 Å². The maximum atomic E-state index is 6.13. The first kappa shape index (κ1) is 23.1. The molecule has 8 nitrogen and oxygen atoms in total. The molecule has 1 aromatic heterocycles. The van der Waals surface area contributed by atoms with Crippen LogP contribution in [0.1, 0.15) is 44.0 Å². The van der Waals surface area contributed by atoms with E-state index in [-0.39, 0.29) is 17.1 Å². The van der Waals surface area contributed by atoms with E-state index in [0.29, 0.717) is 37.8 Å². The Morgan fingerprint density at radius 3 is 2.69 bits per heavy atom. The second kappa shape index (κ2) is 10.3. The van der Waals surface area contributed by atoms with Gasteiger partial charge in [-0.05, 0) is 60.4 Å². The molecule has 2 fully saturated rings. The molecule has 2 saturated heterocycles. The smallest absolute Gasteiger partial charge is 0.174 e. The molecular formula is C23H30ClN5O3. The van der Waals surface area contributed by atoms with Crippen molar-refractivity contribution in [2.75, 3.05) is 40.1 Å². The molecule has 2 unspecified atom stereocenters. The molecule has 9 heteroatoms. The fraction of sp³-hybridized carbons (Fsp3) is 0.609. The molecule has 0 amide bonds. The van der Waals surface area contributed by atoms with Crippen molar-refractivity contribution in [3.63, 3.8) is 0 Å². The molecule has 32 heavy (non-hydrogen) atoms. The predicted molar refractivity (Wildman–Crippen MR) is 121 cm³/mol. The number of hydrogen-bond acceptors (Lipinski definition) is 7. The van der Waals surface area contributed by atoms with Gasteiger partial charge in [0.2, 0.25) is 0 Å². The summed E-state index contributed by atoms with van der Waals surface area (Å²) in [5.74, 6) is 3.62. The number of tetrazole rings is 1. The number of nitrogens with one attached hydrogen (secondary N) is 1. The minimum absolute atomic E-state index is 0.189. The molecule has 2 atom stereocenters. The summed E-state index contributed by atoms with van der Waals surface area (Å²) in [5.41, 5.74) is 0.236. The van der Waals surface area contributed by atoms with Crippen LogP contribution in [0.15, 0.2) is 24.3 Å². The van der Waals surface area contributed by atoms with Crippen LogP contribution >= 0.6 is 11.6 Å². The molecule has 2 aliphatic heterocycles. The van der Waals surface area contributed by atoms with Crippen LogP contribution in [0.25, 0.3) is 5.69 Å². The Bertz CT molecular complexity index is 914. The first-order valence-electron chi connectivity index (χ1n) is 11.0. The fourth-order valence-corrected chi connectivity index (χ4v) is 5.01. The largest absolute Gasteiger partial charge is 0.382 e. The maximum Gasteiger partial charge on any atom is 0.174 e. The lowest BCUT2D eigenvalue weighted by atomic mass is 9.70. The Morgan fingerprint density at radius 1 is 1.25 bits per heavy atom. The highest BCUT2D eigenvalue weighted by molar-refractivity contribution is 6.30. The van der Waals surface area contributed by atoms with E-state index < -0.39 is 0 Å². The number of nitrogens with zero attached hydrogens (tertiary/aromatic N) is 4. The van der Waals surface area contributed by atoms with Crippen LogP contribution in [-0.2, 0) is 14.2 Å². The average Bonchev–Trinajstić information content (AvgIpc) is 3.46. The van der Waals surface area contributed by atoms with Crippen molar-refractivity contribution in [3.05, 3.63) is 35.1 Å². The summed E-state index contributed by atoms with van der Waals surface area (Å²) >= 11 is 6.09. The third kappa shape index (κ3) is 4.82. The highest BCUT2D eigenvalue weighted by Crippen LogP contribution is 2.45. The number of hydrogen-bond donors (Lipinski definition) is 1. The number of terminal acetylenes is 1. The number of halogens is 1. The van der Waals surface area contributed by atoms with Crippen molar-refractivity contribution in [2.45, 2.75) is 43.7 Å². The summed E-state index contributed by atoms with van der Waals surface area (Å²) < 4.78 is 19.1. The highest BCUT2D eigenvalue weighted by Gasteiger charge is 2.45. The molecule has 4 rings (SSSR count). The summed E-state index contributed by atoms with van der Waals surface area (Å²) in [7, 11) is 1.71. The van der Waals surface area contributed by atoms with Crippen molar-refractivity contribution in [3.8, 4) is 18.0 Å². The first-order chi connectivity index (χ1) is 15.6. The third-order valence-corrected chi connectivity index (χ3v) is 6.85. The summed E-state index contributed by atoms with van der Waals surface area (Å²) in [6.45, 7) is 3.19. The minimum Gasteiger partial charge on any atom is -0.382 e. The van der Waals surface area contributed by atoms with Gasteiger partial charge in [0, 0.05) is 50.3 Å². The number of aromatic nitrogens is 4. The van der Waals surface area contributed by atoms with Crippen molar-refractivity contribution in [2.24, 2.45) is 5.41 Å². The normalized spacial score (nSPS) is 23.7. The molecule has 3 heterocycles. The molecule has 0 spiro atoms. The van der Waals surface area contributed by atoms with Crippen LogP contribution in [0.4, 0.5) is 0 Å². The van der Waals surface area contributed by atoms with E-state index in [4.69, 9.17) is 32.2 Å². The first-order valence-corrected chi connectivity index (χ1v) is 11.4. The SMILES string of the molecule is C#CCC1(C(NCC2(COC)CCCO2)c2nnnn2-c2ccc(Cl)cc2)CCOCC1. The van der Waals surface area contributed by atoms with E-state index in [1.807, 2.05) is 24.3 Å². The van der Waals surface area contributed by atoms with Crippen LogP contribution in [0, 0.1) is 17.8 Å². The van der Waals surface area contributed by atoms with Crippen LogP contribution < -0.4 is 5.32 Å². The van der Waals surface area contributed by atoms with Crippen molar-refractivity contribution in [1.29, 1.82) is 0 Å². The molecule has 0 aliphatic carbocycles. The molecule has 0 radical (unpaired) electrons. The van der Waals surface area contributed by atoms with Gasteiger partial charge in [-0.1, -0.05) is 11.6 Å². The Hall–Kier alpha value is -2.02. The van der Waals surface area contributed by atoms with Crippen LogP contribution in [0.3, 0.4) is 0 Å². The van der Waals surface area contributed by atoms with E-state index in [1.165, 1.54) is 0 Å². The topological polar surface area (TPSA) is 83.3 Å². The summed E-state index contributed by atoms with van der Waals surface area (Å²) in [5, 5.41) is 17.2.